The number of benzene rings is 2. The van der Waals surface area contributed by atoms with Gasteiger partial charge in [-0.1, -0.05) is 61.7 Å². The highest BCUT2D eigenvalue weighted by Crippen LogP contribution is 2.31. The van der Waals surface area contributed by atoms with Crippen LogP contribution in [-0.4, -0.2) is 25.8 Å². The first-order chi connectivity index (χ1) is 15.4. The highest BCUT2D eigenvalue weighted by atomic mass is 19.3. The van der Waals surface area contributed by atoms with Crippen molar-refractivity contribution in [2.75, 3.05) is 0 Å². The first-order valence-electron chi connectivity index (χ1n) is 10.5. The van der Waals surface area contributed by atoms with E-state index in [1.807, 2.05) is 31.2 Å². The molecule has 0 aliphatic heterocycles. The summed E-state index contributed by atoms with van der Waals surface area (Å²) < 4.78 is 30.5. The molecule has 0 spiro atoms. The molecule has 7 heteroatoms. The van der Waals surface area contributed by atoms with E-state index in [1.165, 1.54) is 4.68 Å². The summed E-state index contributed by atoms with van der Waals surface area (Å²) in [4.78, 5) is 15.6. The Morgan fingerprint density at radius 3 is 2.53 bits per heavy atom. The molecule has 0 radical (unpaired) electrons. The monoisotopic (exact) mass is 437 g/mol. The highest BCUT2D eigenvalue weighted by molar-refractivity contribution is 5.95. The predicted molar refractivity (Wildman–Crippen MR) is 119 cm³/mol. The molecular formula is C25H25F2N3O2. The first kappa shape index (κ1) is 23.1. The van der Waals surface area contributed by atoms with Gasteiger partial charge in [0.1, 0.15) is 12.4 Å². The topological polar surface area (TPSA) is 68.0 Å². The molecule has 0 aliphatic rings. The number of carboxylic acids is 1. The molecule has 5 nitrogen and oxygen atoms in total. The van der Waals surface area contributed by atoms with E-state index in [9.17, 15) is 18.7 Å². The molecule has 3 aromatic rings. The van der Waals surface area contributed by atoms with Crippen LogP contribution in [-0.2, 0) is 18.9 Å². The minimum absolute atomic E-state index is 0.187. The van der Waals surface area contributed by atoms with Crippen LogP contribution >= 0.6 is 0 Å². The average Bonchev–Trinajstić information content (AvgIpc) is 3.20. The molecule has 0 fully saturated rings. The molecule has 3 rings (SSSR count). The van der Waals surface area contributed by atoms with Gasteiger partial charge in [-0.2, -0.15) is 8.78 Å². The van der Waals surface area contributed by atoms with Crippen molar-refractivity contribution in [2.45, 2.75) is 52.0 Å². The zero-order valence-corrected chi connectivity index (χ0v) is 18.1. The van der Waals surface area contributed by atoms with E-state index in [4.69, 9.17) is 0 Å². The number of hydrogen-bond donors (Lipinski definition) is 1. The lowest BCUT2D eigenvalue weighted by Crippen LogP contribution is -2.16. The van der Waals surface area contributed by atoms with Crippen molar-refractivity contribution in [1.82, 2.24) is 14.8 Å². The van der Waals surface area contributed by atoms with Crippen LogP contribution in [0, 0.1) is 11.8 Å². The summed E-state index contributed by atoms with van der Waals surface area (Å²) in [7, 11) is 0. The van der Waals surface area contributed by atoms with Crippen LogP contribution in [0.4, 0.5) is 8.78 Å². The Morgan fingerprint density at radius 1 is 1.16 bits per heavy atom. The Morgan fingerprint density at radius 2 is 1.88 bits per heavy atom. The van der Waals surface area contributed by atoms with Crippen LogP contribution in [0.15, 0.2) is 48.5 Å². The molecule has 0 bridgehead atoms. The van der Waals surface area contributed by atoms with Gasteiger partial charge < -0.3 is 5.11 Å². The van der Waals surface area contributed by atoms with Crippen LogP contribution in [0.1, 0.15) is 60.7 Å². The summed E-state index contributed by atoms with van der Waals surface area (Å²) in [5, 5.41) is 13.5. The molecule has 0 aliphatic carbocycles. The fourth-order valence-electron chi connectivity index (χ4n) is 3.36. The standard InChI is InChI=1S/C25H25F2N3O2/c1-3-5-15-25(26,27)24-28-22(30(29-24)16-6-4-2)17-18-11-13-19(14-12-18)20-9-7-8-10-21(20)23(31)32/h7-14H,3,5,15-17H2,1-2H3,(H,31,32). The normalized spacial score (nSPS) is 11.1. The summed E-state index contributed by atoms with van der Waals surface area (Å²) in [6.45, 7) is 3.73. The number of hydrogen-bond acceptors (Lipinski definition) is 3. The second-order valence-corrected chi connectivity index (χ2v) is 7.47. The Kier molecular flexibility index (Phi) is 7.37. The van der Waals surface area contributed by atoms with Crippen LogP contribution in [0.5, 0.6) is 0 Å². The number of unbranched alkanes of at least 4 members (excludes halogenated alkanes) is 1. The number of alkyl halides is 2. The number of aromatic carboxylic acids is 1. The van der Waals surface area contributed by atoms with Gasteiger partial charge in [-0.05, 0) is 36.1 Å². The summed E-state index contributed by atoms with van der Waals surface area (Å²) in [5.74, 6) is 1.48. The van der Waals surface area contributed by atoms with Gasteiger partial charge in [0.05, 0.1) is 5.56 Å². The fourth-order valence-corrected chi connectivity index (χ4v) is 3.36. The van der Waals surface area contributed by atoms with Crippen LogP contribution < -0.4 is 0 Å². The molecular weight excluding hydrogens is 412 g/mol. The van der Waals surface area contributed by atoms with Crippen molar-refractivity contribution in [3.8, 4) is 23.0 Å². The molecule has 1 N–H and O–H groups in total. The fraction of sp³-hybridized carbons (Fsp3) is 0.320. The molecule has 32 heavy (non-hydrogen) atoms. The molecule has 0 saturated heterocycles. The molecule has 2 aromatic carbocycles. The third-order valence-electron chi connectivity index (χ3n) is 5.11. The quantitative estimate of drug-likeness (QED) is 0.447. The van der Waals surface area contributed by atoms with Crippen LogP contribution in [0.3, 0.4) is 0 Å². The SMILES string of the molecule is CC#CCn1nc(C(F)(F)CCCC)nc1Cc1ccc(-c2ccccc2C(=O)O)cc1. The number of nitrogens with zero attached hydrogens (tertiary/aromatic N) is 3. The third kappa shape index (κ3) is 5.38. The molecule has 0 unspecified atom stereocenters. The van der Waals surface area contributed by atoms with Crippen molar-refractivity contribution in [1.29, 1.82) is 0 Å². The average molecular weight is 437 g/mol. The number of carboxylic acid groups (broad SMARTS) is 1. The number of carbonyl (C=O) groups is 1. The largest absolute Gasteiger partial charge is 0.478 e. The van der Waals surface area contributed by atoms with Gasteiger partial charge in [0.2, 0.25) is 5.82 Å². The number of rotatable bonds is 9. The Bertz CT molecular complexity index is 1140. The Balaban J connectivity index is 1.88. The minimum Gasteiger partial charge on any atom is -0.478 e. The Labute approximate surface area is 186 Å². The van der Waals surface area contributed by atoms with Crippen molar-refractivity contribution in [3.63, 3.8) is 0 Å². The van der Waals surface area contributed by atoms with Gasteiger partial charge in [0.15, 0.2) is 0 Å². The van der Waals surface area contributed by atoms with E-state index < -0.39 is 17.7 Å². The van der Waals surface area contributed by atoms with Crippen LogP contribution in [0.25, 0.3) is 11.1 Å². The number of aromatic nitrogens is 3. The summed E-state index contributed by atoms with van der Waals surface area (Å²) in [6, 6.07) is 14.1. The van der Waals surface area contributed by atoms with E-state index in [-0.39, 0.29) is 18.5 Å². The summed E-state index contributed by atoms with van der Waals surface area (Å²) in [6.07, 6.45) is 1.08. The maximum atomic E-state index is 14.5. The second kappa shape index (κ2) is 10.2. The summed E-state index contributed by atoms with van der Waals surface area (Å²) in [5.41, 5.74) is 2.45. The van der Waals surface area contributed by atoms with Gasteiger partial charge >= 0.3 is 11.9 Å². The lowest BCUT2D eigenvalue weighted by molar-refractivity contribution is -0.0245. The van der Waals surface area contributed by atoms with Crippen LogP contribution in [0.2, 0.25) is 0 Å². The third-order valence-corrected chi connectivity index (χ3v) is 5.11. The van der Waals surface area contributed by atoms with Gasteiger partial charge in [0, 0.05) is 12.8 Å². The predicted octanol–water partition coefficient (Wildman–Crippen LogP) is 5.54. The van der Waals surface area contributed by atoms with Crippen molar-refractivity contribution >= 4 is 5.97 Å². The van der Waals surface area contributed by atoms with E-state index >= 15 is 0 Å². The van der Waals surface area contributed by atoms with E-state index in [1.54, 1.807) is 31.2 Å². The highest BCUT2D eigenvalue weighted by Gasteiger charge is 2.36. The molecule has 0 amide bonds. The van der Waals surface area contributed by atoms with Crippen molar-refractivity contribution in [2.24, 2.45) is 0 Å². The van der Waals surface area contributed by atoms with E-state index in [2.05, 4.69) is 21.9 Å². The van der Waals surface area contributed by atoms with Crippen molar-refractivity contribution in [3.05, 3.63) is 71.3 Å². The maximum Gasteiger partial charge on any atom is 0.336 e. The first-order valence-corrected chi connectivity index (χ1v) is 10.5. The smallest absolute Gasteiger partial charge is 0.336 e. The van der Waals surface area contributed by atoms with Gasteiger partial charge in [-0.15, -0.1) is 11.0 Å². The zero-order valence-electron chi connectivity index (χ0n) is 18.1. The van der Waals surface area contributed by atoms with Crippen molar-refractivity contribution < 1.29 is 18.7 Å². The van der Waals surface area contributed by atoms with E-state index in [0.29, 0.717) is 30.7 Å². The second-order valence-electron chi connectivity index (χ2n) is 7.47. The molecule has 1 heterocycles. The zero-order chi connectivity index (χ0) is 23.1. The van der Waals surface area contributed by atoms with Gasteiger partial charge in [-0.3, -0.25) is 0 Å². The summed E-state index contributed by atoms with van der Waals surface area (Å²) >= 11 is 0. The maximum absolute atomic E-state index is 14.5. The molecule has 0 atom stereocenters. The molecule has 166 valence electrons. The Hall–Kier alpha value is -3.53. The molecule has 1 aromatic heterocycles. The lowest BCUT2D eigenvalue weighted by Gasteiger charge is -2.11. The lowest BCUT2D eigenvalue weighted by atomic mass is 9.98. The van der Waals surface area contributed by atoms with Gasteiger partial charge in [0.25, 0.3) is 0 Å². The minimum atomic E-state index is -3.08. The molecule has 0 saturated carbocycles. The van der Waals surface area contributed by atoms with Gasteiger partial charge in [-0.25, -0.2) is 14.5 Å². The van der Waals surface area contributed by atoms with E-state index in [0.717, 1.165) is 11.1 Å². The number of halogens is 2.